The molecule has 2 nitrogen and oxygen atoms in total. The van der Waals surface area contributed by atoms with Crippen molar-refractivity contribution in [3.63, 3.8) is 0 Å². The number of hydrogen-bond acceptors (Lipinski definition) is 1. The van der Waals surface area contributed by atoms with Crippen molar-refractivity contribution in [2.24, 2.45) is 5.92 Å². The van der Waals surface area contributed by atoms with Crippen molar-refractivity contribution in [2.45, 2.75) is 110 Å². The zero-order chi connectivity index (χ0) is 17.6. The molecular formula is C21H41NO. The van der Waals surface area contributed by atoms with Crippen molar-refractivity contribution in [3.8, 4) is 0 Å². The lowest BCUT2D eigenvalue weighted by molar-refractivity contribution is -0.118. The van der Waals surface area contributed by atoms with Crippen molar-refractivity contribution in [1.82, 2.24) is 5.32 Å². The highest BCUT2D eigenvalue weighted by Gasteiger charge is 2.31. The van der Waals surface area contributed by atoms with Crippen LogP contribution in [0.4, 0.5) is 0 Å². The smallest absolute Gasteiger partial charge is 0.243 e. The molecule has 0 aromatic carbocycles. The quantitative estimate of drug-likeness (QED) is 0.274. The number of rotatable bonds is 15. The van der Waals surface area contributed by atoms with Crippen LogP contribution in [0.25, 0.3) is 0 Å². The van der Waals surface area contributed by atoms with Crippen LogP contribution in [0.15, 0.2) is 12.7 Å². The van der Waals surface area contributed by atoms with Crippen molar-refractivity contribution in [1.29, 1.82) is 0 Å². The average Bonchev–Trinajstić information content (AvgIpc) is 2.54. The maximum absolute atomic E-state index is 11.9. The highest BCUT2D eigenvalue weighted by molar-refractivity contribution is 5.87. The average molecular weight is 324 g/mol. The third kappa shape index (κ3) is 10.6. The van der Waals surface area contributed by atoms with E-state index in [9.17, 15) is 4.79 Å². The van der Waals surface area contributed by atoms with Gasteiger partial charge in [-0.3, -0.25) is 4.79 Å². The summed E-state index contributed by atoms with van der Waals surface area (Å²) < 4.78 is 0. The Morgan fingerprint density at radius 2 is 1.52 bits per heavy atom. The lowest BCUT2D eigenvalue weighted by atomic mass is 9.79. The van der Waals surface area contributed by atoms with Gasteiger partial charge in [-0.25, -0.2) is 0 Å². The van der Waals surface area contributed by atoms with Crippen LogP contribution in [0, 0.1) is 5.92 Å². The molecule has 1 amide bonds. The second-order valence-corrected chi connectivity index (χ2v) is 7.38. The number of unbranched alkanes of at least 4 members (excludes halogenated alkanes) is 8. The molecule has 0 rings (SSSR count). The van der Waals surface area contributed by atoms with Crippen LogP contribution in [-0.2, 0) is 4.79 Å². The van der Waals surface area contributed by atoms with Crippen molar-refractivity contribution in [2.75, 3.05) is 0 Å². The number of carbonyl (C=O) groups excluding carboxylic acids is 1. The van der Waals surface area contributed by atoms with Crippen LogP contribution in [0.2, 0.25) is 0 Å². The first-order valence-corrected chi connectivity index (χ1v) is 9.94. The summed E-state index contributed by atoms with van der Waals surface area (Å²) in [5.41, 5.74) is -0.0950. The number of nitrogens with one attached hydrogen (secondary N) is 1. The van der Waals surface area contributed by atoms with Gasteiger partial charge in [0, 0.05) is 5.54 Å². The fraction of sp³-hybridized carbons (Fsp3) is 0.857. The van der Waals surface area contributed by atoms with Gasteiger partial charge in [0.15, 0.2) is 0 Å². The monoisotopic (exact) mass is 323 g/mol. The van der Waals surface area contributed by atoms with E-state index in [0.29, 0.717) is 5.92 Å². The van der Waals surface area contributed by atoms with Crippen LogP contribution in [0.1, 0.15) is 105 Å². The van der Waals surface area contributed by atoms with Crippen LogP contribution < -0.4 is 5.32 Å². The summed E-state index contributed by atoms with van der Waals surface area (Å²) in [5, 5.41) is 3.23. The highest BCUT2D eigenvalue weighted by atomic mass is 16.1. The van der Waals surface area contributed by atoms with Crippen LogP contribution in [-0.4, -0.2) is 11.4 Å². The fourth-order valence-electron chi connectivity index (χ4n) is 3.23. The minimum Gasteiger partial charge on any atom is -0.347 e. The lowest BCUT2D eigenvalue weighted by Crippen LogP contribution is -2.50. The van der Waals surface area contributed by atoms with Gasteiger partial charge >= 0.3 is 0 Å². The van der Waals surface area contributed by atoms with Gasteiger partial charge in [-0.2, -0.15) is 0 Å². The molecule has 0 aromatic rings. The molecule has 0 aromatic heterocycles. The summed E-state index contributed by atoms with van der Waals surface area (Å²) in [6.45, 7) is 12.6. The van der Waals surface area contributed by atoms with Gasteiger partial charge in [0.25, 0.3) is 0 Å². The standard InChI is InChI=1S/C21H41NO/c1-6-9-11-13-14-16-18-21(5,22-20(23)8-3)19(4)17-15-12-10-7-2/h8,19H,3,6-7,9-18H2,1-2,4-5H3,(H,22,23). The summed E-state index contributed by atoms with van der Waals surface area (Å²) >= 11 is 0. The van der Waals surface area contributed by atoms with Gasteiger partial charge in [-0.1, -0.05) is 91.6 Å². The van der Waals surface area contributed by atoms with Crippen molar-refractivity contribution in [3.05, 3.63) is 12.7 Å². The molecule has 0 bridgehead atoms. The zero-order valence-corrected chi connectivity index (χ0v) is 16.3. The molecule has 0 aliphatic carbocycles. The Hall–Kier alpha value is -0.790. The molecule has 23 heavy (non-hydrogen) atoms. The molecule has 0 spiro atoms. The SMILES string of the molecule is C=CC(=O)NC(C)(CCCCCCCC)C(C)CCCCCC. The molecule has 1 N–H and O–H groups in total. The maximum Gasteiger partial charge on any atom is 0.243 e. The minimum absolute atomic E-state index is 0.0288. The minimum atomic E-state index is -0.0950. The van der Waals surface area contributed by atoms with Crippen LogP contribution in [0.5, 0.6) is 0 Å². The summed E-state index contributed by atoms with van der Waals surface area (Å²) in [6, 6.07) is 0. The molecule has 136 valence electrons. The molecule has 0 aliphatic heterocycles. The van der Waals surface area contributed by atoms with Gasteiger partial charge in [-0.05, 0) is 31.8 Å². The summed E-state index contributed by atoms with van der Waals surface area (Å²) in [4.78, 5) is 11.9. The largest absolute Gasteiger partial charge is 0.347 e. The molecule has 0 radical (unpaired) electrons. The second kappa shape index (κ2) is 13.6. The molecular weight excluding hydrogens is 282 g/mol. The molecule has 2 heteroatoms. The first-order valence-electron chi connectivity index (χ1n) is 9.94. The summed E-state index contributed by atoms with van der Waals surface area (Å²) in [7, 11) is 0. The Balaban J connectivity index is 4.37. The van der Waals surface area contributed by atoms with Gasteiger partial charge in [0.1, 0.15) is 0 Å². The molecule has 0 fully saturated rings. The Morgan fingerprint density at radius 1 is 1.00 bits per heavy atom. The van der Waals surface area contributed by atoms with E-state index in [1.807, 2.05) is 0 Å². The van der Waals surface area contributed by atoms with Gasteiger partial charge in [0.2, 0.25) is 5.91 Å². The van der Waals surface area contributed by atoms with E-state index in [1.54, 1.807) is 0 Å². The second-order valence-electron chi connectivity index (χ2n) is 7.38. The molecule has 2 atom stereocenters. The third-order valence-corrected chi connectivity index (χ3v) is 5.22. The van der Waals surface area contributed by atoms with Gasteiger partial charge < -0.3 is 5.32 Å². The van der Waals surface area contributed by atoms with E-state index < -0.39 is 0 Å². The topological polar surface area (TPSA) is 29.1 Å². The Bertz CT molecular complexity index is 313. The van der Waals surface area contributed by atoms with Crippen LogP contribution >= 0.6 is 0 Å². The van der Waals surface area contributed by atoms with E-state index in [1.165, 1.54) is 76.7 Å². The lowest BCUT2D eigenvalue weighted by Gasteiger charge is -2.37. The molecule has 0 saturated heterocycles. The predicted molar refractivity (Wildman–Crippen MR) is 103 cm³/mol. The Labute approximate surface area is 145 Å². The van der Waals surface area contributed by atoms with E-state index in [0.717, 1.165) is 6.42 Å². The predicted octanol–water partition coefficient (Wildman–Crippen LogP) is 6.40. The molecule has 2 unspecified atom stereocenters. The van der Waals surface area contributed by atoms with E-state index >= 15 is 0 Å². The highest BCUT2D eigenvalue weighted by Crippen LogP contribution is 2.28. The number of amides is 1. The zero-order valence-electron chi connectivity index (χ0n) is 16.3. The van der Waals surface area contributed by atoms with E-state index in [4.69, 9.17) is 0 Å². The molecule has 0 heterocycles. The summed E-state index contributed by atoms with van der Waals surface area (Å²) in [5.74, 6) is 0.484. The van der Waals surface area contributed by atoms with E-state index in [2.05, 4.69) is 39.6 Å². The van der Waals surface area contributed by atoms with Gasteiger partial charge in [0.05, 0.1) is 0 Å². The normalized spacial score (nSPS) is 15.0. The number of hydrogen-bond donors (Lipinski definition) is 1. The van der Waals surface area contributed by atoms with Crippen molar-refractivity contribution < 1.29 is 4.79 Å². The third-order valence-electron chi connectivity index (χ3n) is 5.22. The fourth-order valence-corrected chi connectivity index (χ4v) is 3.23. The molecule has 0 aliphatic rings. The molecule has 0 saturated carbocycles. The van der Waals surface area contributed by atoms with Crippen molar-refractivity contribution >= 4 is 5.91 Å². The number of carbonyl (C=O) groups is 1. The first-order chi connectivity index (χ1) is 11.0. The Kier molecular flexibility index (Phi) is 13.2. The first kappa shape index (κ1) is 22.2. The Morgan fingerprint density at radius 3 is 2.09 bits per heavy atom. The van der Waals surface area contributed by atoms with E-state index in [-0.39, 0.29) is 11.4 Å². The maximum atomic E-state index is 11.9. The van der Waals surface area contributed by atoms with Crippen LogP contribution in [0.3, 0.4) is 0 Å². The summed E-state index contributed by atoms with van der Waals surface area (Å²) in [6.07, 6.45) is 16.6. The van der Waals surface area contributed by atoms with Gasteiger partial charge in [-0.15, -0.1) is 0 Å².